The highest BCUT2D eigenvalue weighted by molar-refractivity contribution is 7.92. The summed E-state index contributed by atoms with van der Waals surface area (Å²) in [5.74, 6) is 0.0269. The van der Waals surface area contributed by atoms with Gasteiger partial charge in [-0.1, -0.05) is 36.3 Å². The molecule has 0 saturated carbocycles. The molecule has 0 amide bonds. The van der Waals surface area contributed by atoms with Gasteiger partial charge in [0.1, 0.15) is 11.0 Å². The van der Waals surface area contributed by atoms with Crippen molar-refractivity contribution in [3.63, 3.8) is 0 Å². The lowest BCUT2D eigenvalue weighted by Crippen LogP contribution is -2.30. The molecule has 0 fully saturated rings. The van der Waals surface area contributed by atoms with Crippen LogP contribution < -0.4 is 0 Å². The van der Waals surface area contributed by atoms with Crippen molar-refractivity contribution >= 4 is 15.5 Å². The van der Waals surface area contributed by atoms with Crippen molar-refractivity contribution in [2.24, 2.45) is 5.16 Å². The Bertz CT molecular complexity index is 520. The second-order valence-electron chi connectivity index (χ2n) is 3.89. The standard InChI is InChI=1S/C12H17NO3S/c1-4-17(15,16)10(3)12(13-14)11-8-6-5-7-9(11)2/h5-8,10,14H,4H2,1-3H3/b13-12+/t10-/m0/s1. The Labute approximate surface area is 102 Å². The quantitative estimate of drug-likeness (QED) is 0.508. The summed E-state index contributed by atoms with van der Waals surface area (Å²) in [5.41, 5.74) is 1.75. The number of sulfone groups is 1. The molecule has 94 valence electrons. The minimum Gasteiger partial charge on any atom is -0.411 e. The van der Waals surface area contributed by atoms with E-state index in [9.17, 15) is 8.42 Å². The van der Waals surface area contributed by atoms with Gasteiger partial charge in [0.25, 0.3) is 0 Å². The topological polar surface area (TPSA) is 66.7 Å². The Balaban J connectivity index is 3.24. The molecular formula is C12H17NO3S. The zero-order valence-electron chi connectivity index (χ0n) is 10.2. The van der Waals surface area contributed by atoms with Crippen molar-refractivity contribution in [3.8, 4) is 0 Å². The summed E-state index contributed by atoms with van der Waals surface area (Å²) >= 11 is 0. The predicted molar refractivity (Wildman–Crippen MR) is 68.4 cm³/mol. The van der Waals surface area contributed by atoms with Crippen LogP contribution in [0.2, 0.25) is 0 Å². The van der Waals surface area contributed by atoms with E-state index < -0.39 is 15.1 Å². The average Bonchev–Trinajstić information content (AvgIpc) is 2.32. The summed E-state index contributed by atoms with van der Waals surface area (Å²) in [4.78, 5) is 0. The van der Waals surface area contributed by atoms with E-state index in [1.165, 1.54) is 0 Å². The number of aryl methyl sites for hydroxylation is 1. The van der Waals surface area contributed by atoms with E-state index in [0.717, 1.165) is 5.56 Å². The first-order chi connectivity index (χ1) is 7.94. The lowest BCUT2D eigenvalue weighted by atomic mass is 10.0. The van der Waals surface area contributed by atoms with Gasteiger partial charge in [-0.15, -0.1) is 0 Å². The van der Waals surface area contributed by atoms with Crippen LogP contribution in [0.5, 0.6) is 0 Å². The Morgan fingerprint density at radius 1 is 1.41 bits per heavy atom. The van der Waals surface area contributed by atoms with Crippen molar-refractivity contribution in [1.82, 2.24) is 0 Å². The van der Waals surface area contributed by atoms with Crippen molar-refractivity contribution in [2.75, 3.05) is 5.75 Å². The fourth-order valence-electron chi connectivity index (χ4n) is 1.63. The lowest BCUT2D eigenvalue weighted by Gasteiger charge is -2.14. The molecule has 0 aliphatic carbocycles. The Morgan fingerprint density at radius 2 is 2.00 bits per heavy atom. The van der Waals surface area contributed by atoms with Crippen molar-refractivity contribution in [2.45, 2.75) is 26.0 Å². The third kappa shape index (κ3) is 2.85. The van der Waals surface area contributed by atoms with Crippen LogP contribution in [0.1, 0.15) is 25.0 Å². The van der Waals surface area contributed by atoms with Gasteiger partial charge in [-0.2, -0.15) is 0 Å². The fraction of sp³-hybridized carbons (Fsp3) is 0.417. The van der Waals surface area contributed by atoms with E-state index in [1.54, 1.807) is 26.0 Å². The number of rotatable bonds is 4. The third-order valence-electron chi connectivity index (χ3n) is 2.85. The summed E-state index contributed by atoms with van der Waals surface area (Å²) in [6.45, 7) is 4.98. The van der Waals surface area contributed by atoms with E-state index in [2.05, 4.69) is 5.16 Å². The van der Waals surface area contributed by atoms with E-state index in [4.69, 9.17) is 5.21 Å². The number of hydrogen-bond donors (Lipinski definition) is 1. The van der Waals surface area contributed by atoms with Gasteiger partial charge in [0, 0.05) is 11.3 Å². The maximum Gasteiger partial charge on any atom is 0.158 e. The monoisotopic (exact) mass is 255 g/mol. The first kappa shape index (κ1) is 13.7. The highest BCUT2D eigenvalue weighted by Gasteiger charge is 2.26. The summed E-state index contributed by atoms with van der Waals surface area (Å²) < 4.78 is 23.6. The highest BCUT2D eigenvalue weighted by Crippen LogP contribution is 2.15. The Kier molecular flexibility index (Phi) is 4.28. The van der Waals surface area contributed by atoms with E-state index in [1.807, 2.05) is 19.1 Å². The molecule has 1 aromatic rings. The molecule has 0 unspecified atom stereocenters. The van der Waals surface area contributed by atoms with Crippen LogP contribution in [-0.4, -0.2) is 30.3 Å². The number of nitrogens with zero attached hydrogens (tertiary/aromatic N) is 1. The molecule has 1 N–H and O–H groups in total. The molecule has 0 aromatic heterocycles. The molecule has 1 rings (SSSR count). The van der Waals surface area contributed by atoms with Gasteiger partial charge in [0.05, 0.1) is 0 Å². The van der Waals surface area contributed by atoms with Gasteiger partial charge >= 0.3 is 0 Å². The fourth-order valence-corrected chi connectivity index (χ4v) is 2.65. The average molecular weight is 255 g/mol. The molecule has 0 spiro atoms. The van der Waals surface area contributed by atoms with Crippen LogP contribution in [0, 0.1) is 6.92 Å². The molecule has 0 aliphatic heterocycles. The maximum absolute atomic E-state index is 11.8. The van der Waals surface area contributed by atoms with Gasteiger partial charge in [-0.05, 0) is 19.4 Å². The van der Waals surface area contributed by atoms with Crippen LogP contribution in [-0.2, 0) is 9.84 Å². The van der Waals surface area contributed by atoms with Gasteiger partial charge in [0.15, 0.2) is 9.84 Å². The van der Waals surface area contributed by atoms with E-state index in [0.29, 0.717) is 5.56 Å². The second-order valence-corrected chi connectivity index (χ2v) is 6.50. The number of hydrogen-bond acceptors (Lipinski definition) is 4. The molecule has 5 heteroatoms. The maximum atomic E-state index is 11.8. The van der Waals surface area contributed by atoms with E-state index >= 15 is 0 Å². The molecule has 0 radical (unpaired) electrons. The van der Waals surface area contributed by atoms with Gasteiger partial charge < -0.3 is 5.21 Å². The zero-order chi connectivity index (χ0) is 13.1. The number of benzene rings is 1. The van der Waals surface area contributed by atoms with Gasteiger partial charge in [-0.3, -0.25) is 0 Å². The molecule has 0 saturated heterocycles. The molecule has 0 heterocycles. The summed E-state index contributed by atoms with van der Waals surface area (Å²) in [5, 5.41) is 11.4. The smallest absolute Gasteiger partial charge is 0.158 e. The zero-order valence-corrected chi connectivity index (χ0v) is 11.0. The van der Waals surface area contributed by atoms with Crippen LogP contribution >= 0.6 is 0 Å². The first-order valence-electron chi connectivity index (χ1n) is 5.43. The molecular weight excluding hydrogens is 238 g/mol. The largest absolute Gasteiger partial charge is 0.411 e. The van der Waals surface area contributed by atoms with Crippen molar-refractivity contribution in [1.29, 1.82) is 0 Å². The summed E-state index contributed by atoms with van der Waals surface area (Å²) in [6.07, 6.45) is 0. The predicted octanol–water partition coefficient (Wildman–Crippen LogP) is 2.00. The number of oxime groups is 1. The second kappa shape index (κ2) is 5.31. The minimum absolute atomic E-state index is 0.0269. The van der Waals surface area contributed by atoms with Crippen LogP contribution in [0.4, 0.5) is 0 Å². The summed E-state index contributed by atoms with van der Waals surface area (Å²) in [6, 6.07) is 7.25. The lowest BCUT2D eigenvalue weighted by molar-refractivity contribution is 0.318. The third-order valence-corrected chi connectivity index (χ3v) is 4.96. The van der Waals surface area contributed by atoms with Gasteiger partial charge in [-0.25, -0.2) is 8.42 Å². The van der Waals surface area contributed by atoms with Crippen LogP contribution in [0.25, 0.3) is 0 Å². The molecule has 17 heavy (non-hydrogen) atoms. The van der Waals surface area contributed by atoms with E-state index in [-0.39, 0.29) is 11.5 Å². The van der Waals surface area contributed by atoms with Crippen LogP contribution in [0.3, 0.4) is 0 Å². The highest BCUT2D eigenvalue weighted by atomic mass is 32.2. The molecule has 0 bridgehead atoms. The van der Waals surface area contributed by atoms with Crippen molar-refractivity contribution in [3.05, 3.63) is 35.4 Å². The van der Waals surface area contributed by atoms with Crippen LogP contribution in [0.15, 0.2) is 29.4 Å². The molecule has 1 atom stereocenters. The minimum atomic E-state index is -3.27. The SMILES string of the molecule is CCS(=O)(=O)[C@@H](C)/C(=N\O)c1ccccc1C. The molecule has 4 nitrogen and oxygen atoms in total. The van der Waals surface area contributed by atoms with Crippen molar-refractivity contribution < 1.29 is 13.6 Å². The Hall–Kier alpha value is -1.36. The molecule has 1 aromatic carbocycles. The summed E-state index contributed by atoms with van der Waals surface area (Å²) in [7, 11) is -3.27. The Morgan fingerprint density at radius 3 is 2.47 bits per heavy atom. The normalized spacial score (nSPS) is 14.6. The van der Waals surface area contributed by atoms with Gasteiger partial charge in [0.2, 0.25) is 0 Å². The molecule has 0 aliphatic rings. The first-order valence-corrected chi connectivity index (χ1v) is 7.15.